The first-order chi connectivity index (χ1) is 13.3. The molecule has 0 saturated carbocycles. The van der Waals surface area contributed by atoms with E-state index in [0.717, 1.165) is 43.9 Å². The SMILES string of the molecule is CCNC(=NCc1ccn(-c2ccccc2)n1)NCCC(=O)N1CCCC1.I. The predicted molar refractivity (Wildman–Crippen MR) is 122 cm³/mol. The van der Waals surface area contributed by atoms with Crippen LogP contribution in [0.5, 0.6) is 0 Å². The van der Waals surface area contributed by atoms with Crippen molar-refractivity contribution >= 4 is 35.8 Å². The van der Waals surface area contributed by atoms with Crippen LogP contribution in [0.2, 0.25) is 0 Å². The number of amides is 1. The van der Waals surface area contributed by atoms with E-state index in [9.17, 15) is 4.79 Å². The molecular formula is C20H29IN6O. The van der Waals surface area contributed by atoms with Gasteiger partial charge in [0, 0.05) is 38.8 Å². The number of aromatic nitrogens is 2. The predicted octanol–water partition coefficient (Wildman–Crippen LogP) is 2.56. The van der Waals surface area contributed by atoms with E-state index in [-0.39, 0.29) is 29.9 Å². The Morgan fingerprint density at radius 1 is 1.14 bits per heavy atom. The number of carbonyl (C=O) groups excluding carboxylic acids is 1. The Morgan fingerprint density at radius 3 is 2.61 bits per heavy atom. The van der Waals surface area contributed by atoms with Crippen molar-refractivity contribution < 1.29 is 4.79 Å². The van der Waals surface area contributed by atoms with E-state index in [1.54, 1.807) is 0 Å². The number of hydrogen-bond donors (Lipinski definition) is 2. The molecule has 1 aliphatic rings. The quantitative estimate of drug-likeness (QED) is 0.351. The molecule has 1 saturated heterocycles. The summed E-state index contributed by atoms with van der Waals surface area (Å²) in [4.78, 5) is 18.6. The average Bonchev–Trinajstić information content (AvgIpc) is 3.39. The number of rotatable bonds is 7. The van der Waals surface area contributed by atoms with Gasteiger partial charge in [0.15, 0.2) is 5.96 Å². The molecule has 28 heavy (non-hydrogen) atoms. The number of halogens is 1. The van der Waals surface area contributed by atoms with E-state index in [4.69, 9.17) is 0 Å². The Labute approximate surface area is 183 Å². The summed E-state index contributed by atoms with van der Waals surface area (Å²) in [7, 11) is 0. The molecule has 0 aliphatic carbocycles. The molecule has 3 rings (SSSR count). The molecule has 2 heterocycles. The molecule has 8 heteroatoms. The summed E-state index contributed by atoms with van der Waals surface area (Å²) in [5, 5.41) is 11.0. The zero-order valence-electron chi connectivity index (χ0n) is 16.3. The minimum absolute atomic E-state index is 0. The Morgan fingerprint density at radius 2 is 1.89 bits per heavy atom. The van der Waals surface area contributed by atoms with Crippen LogP contribution in [-0.4, -0.2) is 52.7 Å². The van der Waals surface area contributed by atoms with Crippen molar-refractivity contribution in [2.45, 2.75) is 32.7 Å². The molecule has 1 aromatic carbocycles. The molecule has 1 fully saturated rings. The van der Waals surface area contributed by atoms with Crippen LogP contribution in [0.4, 0.5) is 0 Å². The molecule has 1 aromatic heterocycles. The van der Waals surface area contributed by atoms with Crippen molar-refractivity contribution in [1.29, 1.82) is 0 Å². The van der Waals surface area contributed by atoms with E-state index in [1.807, 2.05) is 59.1 Å². The van der Waals surface area contributed by atoms with Crippen molar-refractivity contribution in [2.75, 3.05) is 26.2 Å². The van der Waals surface area contributed by atoms with Gasteiger partial charge in [0.25, 0.3) is 0 Å². The van der Waals surface area contributed by atoms with E-state index in [1.165, 1.54) is 0 Å². The van der Waals surface area contributed by atoms with Gasteiger partial charge >= 0.3 is 0 Å². The Hall–Kier alpha value is -2.10. The first-order valence-corrected chi connectivity index (χ1v) is 9.66. The highest BCUT2D eigenvalue weighted by Gasteiger charge is 2.17. The molecular weight excluding hydrogens is 467 g/mol. The Bertz CT molecular complexity index is 755. The highest BCUT2D eigenvalue weighted by molar-refractivity contribution is 14.0. The van der Waals surface area contributed by atoms with Gasteiger partial charge in [0.1, 0.15) is 0 Å². The van der Waals surface area contributed by atoms with Crippen LogP contribution in [0.15, 0.2) is 47.6 Å². The molecule has 0 unspecified atom stereocenters. The second-order valence-electron chi connectivity index (χ2n) is 6.55. The molecule has 1 aliphatic heterocycles. The number of guanidine groups is 1. The first-order valence-electron chi connectivity index (χ1n) is 9.66. The zero-order chi connectivity index (χ0) is 18.9. The van der Waals surface area contributed by atoms with Gasteiger partial charge in [-0.25, -0.2) is 9.67 Å². The maximum absolute atomic E-state index is 12.1. The number of carbonyl (C=O) groups is 1. The van der Waals surface area contributed by atoms with Crippen LogP contribution < -0.4 is 10.6 Å². The molecule has 2 N–H and O–H groups in total. The van der Waals surface area contributed by atoms with Crippen molar-refractivity contribution in [3.05, 3.63) is 48.3 Å². The highest BCUT2D eigenvalue weighted by Crippen LogP contribution is 2.09. The Kier molecular flexibility index (Phi) is 9.26. The molecule has 0 radical (unpaired) electrons. The van der Waals surface area contributed by atoms with E-state index < -0.39 is 0 Å². The first kappa shape index (κ1) is 22.2. The number of benzene rings is 1. The van der Waals surface area contributed by atoms with Crippen molar-refractivity contribution in [3.63, 3.8) is 0 Å². The Balaban J connectivity index is 0.00000280. The highest BCUT2D eigenvalue weighted by atomic mass is 127. The lowest BCUT2D eigenvalue weighted by Crippen LogP contribution is -2.39. The molecule has 1 amide bonds. The standard InChI is InChI=1S/C20H28N6O.HI/c1-2-21-20(22-12-10-19(27)25-13-6-7-14-25)23-16-17-11-15-26(24-17)18-8-4-3-5-9-18;/h3-5,8-9,11,15H,2,6-7,10,12-14,16H2,1H3,(H2,21,22,23);1H. The second kappa shape index (κ2) is 11.7. The summed E-state index contributed by atoms with van der Waals surface area (Å²) in [6.45, 7) is 5.66. The molecule has 2 aromatic rings. The lowest BCUT2D eigenvalue weighted by atomic mass is 10.3. The normalized spacial score (nSPS) is 13.9. The topological polar surface area (TPSA) is 74.5 Å². The number of likely N-dealkylation sites (tertiary alicyclic amines) is 1. The monoisotopic (exact) mass is 496 g/mol. The van der Waals surface area contributed by atoms with Gasteiger partial charge in [0.05, 0.1) is 17.9 Å². The van der Waals surface area contributed by atoms with E-state index >= 15 is 0 Å². The maximum Gasteiger partial charge on any atom is 0.224 e. The van der Waals surface area contributed by atoms with Gasteiger partial charge in [0.2, 0.25) is 5.91 Å². The average molecular weight is 496 g/mol. The molecule has 0 atom stereocenters. The van der Waals surface area contributed by atoms with Gasteiger partial charge in [-0.05, 0) is 38.0 Å². The summed E-state index contributed by atoms with van der Waals surface area (Å²) in [6, 6.07) is 12.0. The van der Waals surface area contributed by atoms with Crippen LogP contribution in [-0.2, 0) is 11.3 Å². The number of nitrogens with zero attached hydrogens (tertiary/aromatic N) is 4. The smallest absolute Gasteiger partial charge is 0.224 e. The fraction of sp³-hybridized carbons (Fsp3) is 0.450. The maximum atomic E-state index is 12.1. The van der Waals surface area contributed by atoms with Crippen LogP contribution in [0.25, 0.3) is 5.69 Å². The van der Waals surface area contributed by atoms with Crippen molar-refractivity contribution in [2.24, 2.45) is 4.99 Å². The molecule has 152 valence electrons. The molecule has 0 spiro atoms. The minimum atomic E-state index is 0. The van der Waals surface area contributed by atoms with E-state index in [0.29, 0.717) is 25.5 Å². The van der Waals surface area contributed by atoms with Crippen molar-refractivity contribution in [3.8, 4) is 5.69 Å². The number of aliphatic imine (C=N–C) groups is 1. The lowest BCUT2D eigenvalue weighted by Gasteiger charge is -2.16. The third-order valence-corrected chi connectivity index (χ3v) is 4.50. The second-order valence-corrected chi connectivity index (χ2v) is 6.55. The largest absolute Gasteiger partial charge is 0.357 e. The van der Waals surface area contributed by atoms with Crippen LogP contribution in [0.1, 0.15) is 31.9 Å². The van der Waals surface area contributed by atoms with Gasteiger partial charge in [-0.3, -0.25) is 4.79 Å². The fourth-order valence-corrected chi connectivity index (χ4v) is 3.08. The van der Waals surface area contributed by atoms with Crippen LogP contribution >= 0.6 is 24.0 Å². The van der Waals surface area contributed by atoms with Gasteiger partial charge in [-0.2, -0.15) is 5.10 Å². The number of nitrogens with one attached hydrogen (secondary N) is 2. The van der Waals surface area contributed by atoms with Crippen LogP contribution in [0.3, 0.4) is 0 Å². The summed E-state index contributed by atoms with van der Waals surface area (Å²) < 4.78 is 1.85. The minimum Gasteiger partial charge on any atom is -0.357 e. The summed E-state index contributed by atoms with van der Waals surface area (Å²) in [5.74, 6) is 0.929. The van der Waals surface area contributed by atoms with Gasteiger partial charge in [-0.15, -0.1) is 24.0 Å². The number of hydrogen-bond acceptors (Lipinski definition) is 3. The third-order valence-electron chi connectivity index (χ3n) is 4.50. The zero-order valence-corrected chi connectivity index (χ0v) is 18.6. The summed E-state index contributed by atoms with van der Waals surface area (Å²) >= 11 is 0. The van der Waals surface area contributed by atoms with Gasteiger partial charge < -0.3 is 15.5 Å². The third kappa shape index (κ3) is 6.50. The lowest BCUT2D eigenvalue weighted by molar-refractivity contribution is -0.129. The van der Waals surface area contributed by atoms with Crippen LogP contribution in [0, 0.1) is 0 Å². The van der Waals surface area contributed by atoms with Gasteiger partial charge in [-0.1, -0.05) is 18.2 Å². The van der Waals surface area contributed by atoms with Crippen molar-refractivity contribution in [1.82, 2.24) is 25.3 Å². The summed E-state index contributed by atoms with van der Waals surface area (Å²) in [6.07, 6.45) is 4.68. The fourth-order valence-electron chi connectivity index (χ4n) is 3.08. The molecule has 7 nitrogen and oxygen atoms in total. The number of para-hydroxylation sites is 1. The van der Waals surface area contributed by atoms with E-state index in [2.05, 4.69) is 20.7 Å². The summed E-state index contributed by atoms with van der Waals surface area (Å²) in [5.41, 5.74) is 1.92. The molecule has 0 bridgehead atoms.